The van der Waals surface area contributed by atoms with E-state index in [1.807, 2.05) is 60.7 Å². The van der Waals surface area contributed by atoms with Gasteiger partial charge in [0.2, 0.25) is 0 Å². The van der Waals surface area contributed by atoms with Crippen molar-refractivity contribution in [3.8, 4) is 11.5 Å². The summed E-state index contributed by atoms with van der Waals surface area (Å²) in [6.45, 7) is 0. The lowest BCUT2D eigenvalue weighted by Crippen LogP contribution is -2.09. The van der Waals surface area contributed by atoms with E-state index in [0.717, 1.165) is 39.3 Å². The zero-order valence-electron chi connectivity index (χ0n) is 19.1. The highest BCUT2D eigenvalue weighted by Crippen LogP contribution is 2.35. The minimum atomic E-state index is 0.227. The number of rotatable bonds is 6. The summed E-state index contributed by atoms with van der Waals surface area (Å²) in [7, 11) is 0. The molecule has 0 bridgehead atoms. The SMILES string of the molecule is Oc1ccc(C(=Cc2ccc(N(c3ccccc3)c3ccccc3)cc2)c2ccc(O)cc2)cc1. The third kappa shape index (κ3) is 5.10. The van der Waals surface area contributed by atoms with E-state index in [9.17, 15) is 10.2 Å². The first-order chi connectivity index (χ1) is 17.2. The Labute approximate surface area is 205 Å². The molecular weight excluding hydrogens is 430 g/mol. The lowest BCUT2D eigenvalue weighted by molar-refractivity contribution is 0.475. The molecule has 0 fully saturated rings. The average molecular weight is 456 g/mol. The Morgan fingerprint density at radius 3 is 1.29 bits per heavy atom. The van der Waals surface area contributed by atoms with E-state index in [1.54, 1.807) is 24.3 Å². The topological polar surface area (TPSA) is 43.7 Å². The Hall–Kier alpha value is -4.76. The molecule has 3 heteroatoms. The quantitative estimate of drug-likeness (QED) is 0.254. The first-order valence-electron chi connectivity index (χ1n) is 11.5. The van der Waals surface area contributed by atoms with Gasteiger partial charge in [0.05, 0.1) is 0 Å². The van der Waals surface area contributed by atoms with E-state index in [-0.39, 0.29) is 11.5 Å². The van der Waals surface area contributed by atoms with Gasteiger partial charge in [0.25, 0.3) is 0 Å². The first kappa shape index (κ1) is 22.1. The largest absolute Gasteiger partial charge is 0.508 e. The van der Waals surface area contributed by atoms with Gasteiger partial charge in [-0.3, -0.25) is 0 Å². The maximum atomic E-state index is 9.75. The summed E-state index contributed by atoms with van der Waals surface area (Å²) in [5, 5.41) is 19.5. The molecule has 0 spiro atoms. The summed E-state index contributed by atoms with van der Waals surface area (Å²) in [6.07, 6.45) is 2.12. The standard InChI is InChI=1S/C32H25NO2/c34-30-19-13-25(14-20-30)32(26-15-21-31(35)22-16-26)23-24-11-17-29(18-12-24)33(27-7-3-1-4-8-27)28-9-5-2-6-10-28/h1-23,34-35H. The molecule has 5 rings (SSSR count). The van der Waals surface area contributed by atoms with Crippen LogP contribution in [0, 0.1) is 0 Å². The summed E-state index contributed by atoms with van der Waals surface area (Å²) in [5.74, 6) is 0.454. The van der Waals surface area contributed by atoms with Crippen LogP contribution in [0.2, 0.25) is 0 Å². The Kier molecular flexibility index (Phi) is 6.31. The zero-order valence-corrected chi connectivity index (χ0v) is 19.1. The molecule has 5 aromatic carbocycles. The minimum absolute atomic E-state index is 0.227. The van der Waals surface area contributed by atoms with Gasteiger partial charge in [-0.2, -0.15) is 0 Å². The third-order valence-corrected chi connectivity index (χ3v) is 5.85. The lowest BCUT2D eigenvalue weighted by Gasteiger charge is -2.25. The van der Waals surface area contributed by atoms with Crippen molar-refractivity contribution in [1.82, 2.24) is 0 Å². The average Bonchev–Trinajstić information content (AvgIpc) is 2.91. The molecule has 0 aliphatic rings. The van der Waals surface area contributed by atoms with Crippen LogP contribution in [0.25, 0.3) is 11.6 Å². The van der Waals surface area contributed by atoms with E-state index < -0.39 is 0 Å². The maximum Gasteiger partial charge on any atom is 0.115 e. The van der Waals surface area contributed by atoms with Gasteiger partial charge in [-0.25, -0.2) is 0 Å². The Bertz CT molecular complexity index is 1320. The summed E-state index contributed by atoms with van der Waals surface area (Å²) in [4.78, 5) is 2.23. The van der Waals surface area contributed by atoms with Crippen molar-refractivity contribution >= 4 is 28.7 Å². The summed E-state index contributed by atoms with van der Waals surface area (Å²) < 4.78 is 0. The van der Waals surface area contributed by atoms with Crippen LogP contribution in [0.4, 0.5) is 17.1 Å². The number of nitrogens with zero attached hydrogens (tertiary/aromatic N) is 1. The van der Waals surface area contributed by atoms with Crippen molar-refractivity contribution in [2.75, 3.05) is 4.90 Å². The molecule has 0 amide bonds. The molecule has 0 aliphatic carbocycles. The van der Waals surface area contributed by atoms with E-state index in [1.165, 1.54) is 0 Å². The molecule has 0 aliphatic heterocycles. The second-order valence-corrected chi connectivity index (χ2v) is 8.25. The number of aromatic hydroxyl groups is 2. The summed E-state index contributed by atoms with van der Waals surface area (Å²) in [6, 6.07) is 43.4. The normalized spacial score (nSPS) is 10.5. The monoisotopic (exact) mass is 455 g/mol. The van der Waals surface area contributed by atoms with Gasteiger partial charge < -0.3 is 15.1 Å². The third-order valence-electron chi connectivity index (χ3n) is 5.85. The number of hydrogen-bond acceptors (Lipinski definition) is 3. The molecular formula is C32H25NO2. The molecule has 0 saturated carbocycles. The molecule has 35 heavy (non-hydrogen) atoms. The van der Waals surface area contributed by atoms with E-state index in [0.29, 0.717) is 0 Å². The number of anilines is 3. The highest BCUT2D eigenvalue weighted by molar-refractivity contribution is 5.92. The van der Waals surface area contributed by atoms with Crippen LogP contribution in [0.5, 0.6) is 11.5 Å². The van der Waals surface area contributed by atoms with E-state index in [4.69, 9.17) is 0 Å². The van der Waals surface area contributed by atoms with Gasteiger partial charge in [-0.15, -0.1) is 0 Å². The minimum Gasteiger partial charge on any atom is -0.508 e. The second kappa shape index (κ2) is 10.0. The molecule has 5 aromatic rings. The highest BCUT2D eigenvalue weighted by Gasteiger charge is 2.12. The fourth-order valence-electron chi connectivity index (χ4n) is 4.10. The van der Waals surface area contributed by atoms with Crippen LogP contribution >= 0.6 is 0 Å². The zero-order chi connectivity index (χ0) is 24.0. The number of hydrogen-bond donors (Lipinski definition) is 2. The fourth-order valence-corrected chi connectivity index (χ4v) is 4.10. The smallest absolute Gasteiger partial charge is 0.115 e. The second-order valence-electron chi connectivity index (χ2n) is 8.25. The van der Waals surface area contributed by atoms with Crippen molar-refractivity contribution in [1.29, 1.82) is 0 Å². The van der Waals surface area contributed by atoms with Crippen LogP contribution in [-0.4, -0.2) is 10.2 Å². The van der Waals surface area contributed by atoms with E-state index in [2.05, 4.69) is 59.5 Å². The van der Waals surface area contributed by atoms with Crippen LogP contribution in [0.3, 0.4) is 0 Å². The molecule has 2 N–H and O–H groups in total. The van der Waals surface area contributed by atoms with Gasteiger partial charge >= 0.3 is 0 Å². The number of phenols is 2. The first-order valence-corrected chi connectivity index (χ1v) is 11.5. The van der Waals surface area contributed by atoms with Crippen molar-refractivity contribution < 1.29 is 10.2 Å². The van der Waals surface area contributed by atoms with Gasteiger partial charge in [0.1, 0.15) is 11.5 Å². The molecule has 0 unspecified atom stereocenters. The van der Waals surface area contributed by atoms with Crippen LogP contribution in [0.1, 0.15) is 16.7 Å². The van der Waals surface area contributed by atoms with Crippen LogP contribution in [-0.2, 0) is 0 Å². The van der Waals surface area contributed by atoms with Gasteiger partial charge in [-0.1, -0.05) is 72.8 Å². The predicted octanol–water partition coefficient (Wildman–Crippen LogP) is 8.16. The molecule has 0 atom stereocenters. The molecule has 0 aromatic heterocycles. The van der Waals surface area contributed by atoms with Crippen molar-refractivity contribution in [3.63, 3.8) is 0 Å². The fraction of sp³-hybridized carbons (Fsp3) is 0. The van der Waals surface area contributed by atoms with Gasteiger partial charge in [-0.05, 0) is 89.0 Å². The van der Waals surface area contributed by atoms with E-state index >= 15 is 0 Å². The Balaban J connectivity index is 1.55. The molecule has 0 saturated heterocycles. The molecule has 3 nitrogen and oxygen atoms in total. The summed E-state index contributed by atoms with van der Waals surface area (Å²) in [5.41, 5.74) is 7.26. The Morgan fingerprint density at radius 2 is 0.857 bits per heavy atom. The lowest BCUT2D eigenvalue weighted by atomic mass is 9.95. The van der Waals surface area contributed by atoms with Crippen molar-refractivity contribution in [2.24, 2.45) is 0 Å². The predicted molar refractivity (Wildman–Crippen MR) is 144 cm³/mol. The van der Waals surface area contributed by atoms with Crippen LogP contribution < -0.4 is 4.90 Å². The number of para-hydroxylation sites is 2. The Morgan fingerprint density at radius 1 is 0.457 bits per heavy atom. The van der Waals surface area contributed by atoms with Gasteiger partial charge in [0, 0.05) is 17.1 Å². The number of phenolic OH excluding ortho intramolecular Hbond substituents is 2. The molecule has 170 valence electrons. The van der Waals surface area contributed by atoms with Crippen LogP contribution in [0.15, 0.2) is 133 Å². The molecule has 0 heterocycles. The molecule has 0 radical (unpaired) electrons. The maximum absolute atomic E-state index is 9.75. The van der Waals surface area contributed by atoms with Gasteiger partial charge in [0.15, 0.2) is 0 Å². The van der Waals surface area contributed by atoms with Crippen molar-refractivity contribution in [3.05, 3.63) is 150 Å². The summed E-state index contributed by atoms with van der Waals surface area (Å²) >= 11 is 0. The highest BCUT2D eigenvalue weighted by atomic mass is 16.3. The van der Waals surface area contributed by atoms with Crippen molar-refractivity contribution in [2.45, 2.75) is 0 Å². The number of benzene rings is 5.